The lowest BCUT2D eigenvalue weighted by Gasteiger charge is -2.34. The molecule has 60 heavy (non-hydrogen) atoms. The number of unbranched alkanes of at least 4 members (excludes halogenated alkanes) is 1. The number of carbonyl (C=O) groups is 4. The van der Waals surface area contributed by atoms with E-state index in [1.54, 1.807) is 37.3 Å². The molecule has 5 rings (SSSR count). The molecule has 1 unspecified atom stereocenters. The highest BCUT2D eigenvalue weighted by Gasteiger charge is 2.49. The summed E-state index contributed by atoms with van der Waals surface area (Å²) in [7, 11) is -8.41. The summed E-state index contributed by atoms with van der Waals surface area (Å²) in [5.74, 6) is -2.74. The van der Waals surface area contributed by atoms with E-state index >= 15 is 0 Å². The molecule has 1 aromatic heterocycles. The normalized spacial score (nSPS) is 16.2. The molecule has 1 heterocycles. The summed E-state index contributed by atoms with van der Waals surface area (Å²) < 4.78 is 48.1. The van der Waals surface area contributed by atoms with Gasteiger partial charge in [-0.15, -0.1) is 0 Å². The smallest absolute Gasteiger partial charge is 0.416 e. The van der Waals surface area contributed by atoms with Crippen LogP contribution in [0.4, 0.5) is 9.59 Å². The molecule has 4 aromatic rings. The number of hydrogen-bond donors (Lipinski definition) is 7. The van der Waals surface area contributed by atoms with Crippen molar-refractivity contribution in [1.82, 2.24) is 25.2 Å². The largest absolute Gasteiger partial charge is 0.508 e. The number of phenolic OH excluding ortho intramolecular Hbond substituents is 1. The van der Waals surface area contributed by atoms with Gasteiger partial charge in [-0.2, -0.15) is 0 Å². The third kappa shape index (κ3) is 12.9. The minimum absolute atomic E-state index is 0.00330. The van der Waals surface area contributed by atoms with E-state index in [2.05, 4.69) is 20.7 Å². The molecule has 16 nitrogen and oxygen atoms in total. The molecule has 3 amide bonds. The number of para-hydroxylation sites is 1. The summed E-state index contributed by atoms with van der Waals surface area (Å²) >= 11 is 0. The van der Waals surface area contributed by atoms with E-state index in [9.17, 15) is 47.3 Å². The van der Waals surface area contributed by atoms with E-state index in [1.807, 2.05) is 36.4 Å². The second-order valence-corrected chi connectivity index (χ2v) is 19.9. The van der Waals surface area contributed by atoms with E-state index in [-0.39, 0.29) is 38.2 Å². The van der Waals surface area contributed by atoms with Gasteiger partial charge in [0.15, 0.2) is 0 Å². The zero-order valence-corrected chi connectivity index (χ0v) is 35.4. The number of aromatic nitrogens is 1. The quantitative estimate of drug-likeness (QED) is 0.0435. The molecule has 4 atom stereocenters. The minimum atomic E-state index is -4.48. The van der Waals surface area contributed by atoms with Crippen molar-refractivity contribution in [1.29, 1.82) is 0 Å². The molecule has 1 aliphatic rings. The predicted octanol–water partition coefficient (Wildman–Crippen LogP) is 5.45. The van der Waals surface area contributed by atoms with Crippen molar-refractivity contribution < 1.29 is 52.0 Å². The second-order valence-electron chi connectivity index (χ2n) is 15.6. The molecule has 1 saturated carbocycles. The number of phenols is 1. The van der Waals surface area contributed by atoms with Gasteiger partial charge in [0.2, 0.25) is 29.2 Å². The number of rotatable bonds is 20. The van der Waals surface area contributed by atoms with Crippen LogP contribution in [0, 0.1) is 5.41 Å². The molecule has 0 bridgehead atoms. The first-order chi connectivity index (χ1) is 28.4. The van der Waals surface area contributed by atoms with Crippen LogP contribution in [0.15, 0.2) is 85.1 Å². The molecular weight excluding hydrogens is 814 g/mol. The van der Waals surface area contributed by atoms with Crippen molar-refractivity contribution in [3.05, 3.63) is 102 Å². The van der Waals surface area contributed by atoms with Crippen LogP contribution in [0.2, 0.25) is 0 Å². The first-order valence-electron chi connectivity index (χ1n) is 19.9. The van der Waals surface area contributed by atoms with Gasteiger partial charge in [0.05, 0.1) is 17.2 Å². The predicted molar refractivity (Wildman–Crippen MR) is 226 cm³/mol. The molecule has 0 aliphatic heterocycles. The number of benzene rings is 3. The summed E-state index contributed by atoms with van der Waals surface area (Å²) in [5, 5.41) is 28.6. The third-order valence-corrected chi connectivity index (χ3v) is 13.8. The van der Waals surface area contributed by atoms with Crippen LogP contribution in [0.1, 0.15) is 68.6 Å². The fourth-order valence-corrected chi connectivity index (χ4v) is 10.9. The first kappa shape index (κ1) is 45.9. The summed E-state index contributed by atoms with van der Waals surface area (Å²) in [6, 6.07) is 20.2. The van der Waals surface area contributed by atoms with Crippen molar-refractivity contribution in [3.63, 3.8) is 0 Å². The standard InChI is InChI=1S/C42H54N5O11PS/c1-29(24-32-26-47(41(52)53)36-16-7-6-14-34(32)36)44-39(50)42(21-9-10-22-42)28-59(54,55)37(25-30-17-19-33(48)20-18-30)45-38(49)35(46-60(2,56)57)15-8-11-23-43-40(51)58-27-31-12-4-3-5-13-31/h3-7,12-14,16-20,26,29,35,37,46,48H,8-11,15,21-25,27-28H2,1-2H3,(H,43,51)(H,44,50)(H,45,49)(H,52,53)(H,54,55)/t29-,35+,37-/m1/s1. The molecule has 1 fully saturated rings. The van der Waals surface area contributed by atoms with Gasteiger partial charge in [0.25, 0.3) is 0 Å². The maximum atomic E-state index is 14.7. The second kappa shape index (κ2) is 20.4. The van der Waals surface area contributed by atoms with Crippen LogP contribution in [-0.2, 0) is 48.4 Å². The summed E-state index contributed by atoms with van der Waals surface area (Å²) in [6.45, 7) is 2.05. The lowest BCUT2D eigenvalue weighted by molar-refractivity contribution is -0.130. The number of sulfonamides is 1. The number of fused-ring (bicyclic) bond motifs is 1. The highest BCUT2D eigenvalue weighted by atomic mass is 32.2. The van der Waals surface area contributed by atoms with Crippen molar-refractivity contribution in [2.75, 3.05) is 19.0 Å². The van der Waals surface area contributed by atoms with Gasteiger partial charge < -0.3 is 35.8 Å². The van der Waals surface area contributed by atoms with E-state index in [4.69, 9.17) is 4.74 Å². The fourth-order valence-electron chi connectivity index (χ4n) is 7.74. The molecule has 0 saturated heterocycles. The lowest BCUT2D eigenvalue weighted by atomic mass is 9.87. The van der Waals surface area contributed by atoms with Gasteiger partial charge in [-0.3, -0.25) is 18.7 Å². The maximum Gasteiger partial charge on any atom is 0.416 e. The van der Waals surface area contributed by atoms with Gasteiger partial charge in [-0.1, -0.05) is 73.5 Å². The third-order valence-electron chi connectivity index (χ3n) is 10.7. The van der Waals surface area contributed by atoms with Crippen LogP contribution in [0.25, 0.3) is 10.9 Å². The Bertz CT molecular complexity index is 2280. The summed E-state index contributed by atoms with van der Waals surface area (Å²) in [4.78, 5) is 64.1. The van der Waals surface area contributed by atoms with Crippen molar-refractivity contribution in [2.45, 2.75) is 89.2 Å². The number of carbonyl (C=O) groups excluding carboxylic acids is 3. The van der Waals surface area contributed by atoms with E-state index in [0.29, 0.717) is 55.2 Å². The van der Waals surface area contributed by atoms with Crippen molar-refractivity contribution in [3.8, 4) is 5.75 Å². The Labute approximate surface area is 349 Å². The summed E-state index contributed by atoms with van der Waals surface area (Å²) in [6.07, 6.45) is 2.85. The molecule has 3 aromatic carbocycles. The molecular formula is C42H54N5O11PS. The number of nitrogens with zero attached hydrogens (tertiary/aromatic N) is 1. The average Bonchev–Trinajstić information content (AvgIpc) is 3.82. The number of aromatic hydroxyl groups is 1. The van der Waals surface area contributed by atoms with Crippen LogP contribution >= 0.6 is 7.37 Å². The van der Waals surface area contributed by atoms with Gasteiger partial charge >= 0.3 is 12.2 Å². The Morgan fingerprint density at radius 3 is 2.23 bits per heavy atom. The lowest BCUT2D eigenvalue weighted by Crippen LogP contribution is -2.51. The number of ether oxygens (including phenoxy) is 1. The van der Waals surface area contributed by atoms with Crippen LogP contribution < -0.4 is 20.7 Å². The highest BCUT2D eigenvalue weighted by Crippen LogP contribution is 2.55. The molecule has 18 heteroatoms. The van der Waals surface area contributed by atoms with E-state index in [0.717, 1.165) is 21.8 Å². The average molecular weight is 868 g/mol. The summed E-state index contributed by atoms with van der Waals surface area (Å²) in [5.41, 5.74) is 1.28. The number of nitrogens with one attached hydrogen (secondary N) is 4. The van der Waals surface area contributed by atoms with Crippen LogP contribution in [0.5, 0.6) is 5.75 Å². The zero-order chi connectivity index (χ0) is 43.5. The SMILES string of the molecule is C[C@H](Cc1cn(C(=O)O)c2ccccc12)NC(=O)C1(CP(=O)(O)[C@H](Cc2ccc(O)cc2)NC(=O)[C@H](CCCCNC(=O)OCc2ccccc2)NS(C)(=O)=O)CCCC1. The molecule has 0 radical (unpaired) electrons. The Kier molecular flexibility index (Phi) is 15.6. The molecule has 324 valence electrons. The van der Waals surface area contributed by atoms with E-state index < -0.39 is 70.8 Å². The highest BCUT2D eigenvalue weighted by molar-refractivity contribution is 7.88. The van der Waals surface area contributed by atoms with Crippen molar-refractivity contribution >= 4 is 52.3 Å². The van der Waals surface area contributed by atoms with Crippen LogP contribution in [-0.4, -0.2) is 88.9 Å². The fraction of sp³-hybridized carbons (Fsp3) is 0.429. The van der Waals surface area contributed by atoms with Crippen LogP contribution in [0.3, 0.4) is 0 Å². The van der Waals surface area contributed by atoms with Gasteiger partial charge in [-0.25, -0.2) is 22.7 Å². The number of amides is 3. The van der Waals surface area contributed by atoms with E-state index in [1.165, 1.54) is 18.3 Å². The van der Waals surface area contributed by atoms with Gasteiger partial charge in [-0.05, 0) is 80.3 Å². The molecule has 0 spiro atoms. The van der Waals surface area contributed by atoms with Gasteiger partial charge in [0.1, 0.15) is 24.2 Å². The van der Waals surface area contributed by atoms with Crippen molar-refractivity contribution in [2.24, 2.45) is 5.41 Å². The number of alkyl carbamates (subject to hydrolysis) is 1. The number of hydrogen-bond acceptors (Lipinski definition) is 9. The monoisotopic (exact) mass is 867 g/mol. The maximum absolute atomic E-state index is 14.7. The topological polar surface area (TPSA) is 242 Å². The Morgan fingerprint density at radius 2 is 1.57 bits per heavy atom. The Balaban J connectivity index is 1.28. The molecule has 1 aliphatic carbocycles. The minimum Gasteiger partial charge on any atom is -0.508 e. The Hall–Kier alpha value is -5.22. The molecule has 7 N–H and O–H groups in total. The van der Waals surface area contributed by atoms with Gasteiger partial charge in [0, 0.05) is 36.8 Å². The first-order valence-corrected chi connectivity index (χ1v) is 23.7. The zero-order valence-electron chi connectivity index (χ0n) is 33.7. The number of carboxylic acid groups (broad SMARTS) is 1. The Morgan fingerprint density at radius 1 is 0.900 bits per heavy atom.